The van der Waals surface area contributed by atoms with Gasteiger partial charge >= 0.3 is 0 Å². The molecule has 144 valence electrons. The van der Waals surface area contributed by atoms with E-state index in [2.05, 4.69) is 20.8 Å². The summed E-state index contributed by atoms with van der Waals surface area (Å²) in [4.78, 5) is 12.6. The number of fused-ring (bicyclic) bond motifs is 5. The van der Waals surface area contributed by atoms with E-state index in [0.29, 0.717) is 35.7 Å². The monoisotopic (exact) mass is 358 g/mol. The lowest BCUT2D eigenvalue weighted by atomic mass is 9.43. The zero-order valence-corrected chi connectivity index (χ0v) is 16.9. The van der Waals surface area contributed by atoms with Crippen LogP contribution in [0.25, 0.3) is 0 Å². The summed E-state index contributed by atoms with van der Waals surface area (Å²) in [6, 6.07) is 0. The SMILES string of the molecule is CC1=C2C[C@@H](C)[C@@H]3[C@H](CC[C@@]4(C)[C@H]3CC[C@]4(C)O)[C@@]2(C)C/C(=C/O)C1=O. The fraction of sp³-hybridized carbons (Fsp3) is 0.783. The second-order valence-corrected chi connectivity index (χ2v) is 10.4. The van der Waals surface area contributed by atoms with Gasteiger partial charge in [-0.25, -0.2) is 0 Å². The van der Waals surface area contributed by atoms with Gasteiger partial charge < -0.3 is 10.2 Å². The molecule has 3 nitrogen and oxygen atoms in total. The standard InChI is InChI=1S/C23H34O3/c1-13-10-18-14(2)20(25)15(12-24)11-21(18,3)16-6-8-22(4)17(19(13)16)7-9-23(22,5)26/h12-13,16-17,19,24,26H,6-11H2,1-5H3/b15-12-/t13-,16+,17+,19-,21-,22+,23+/m1/s1. The molecule has 4 aliphatic carbocycles. The average Bonchev–Trinajstić information content (AvgIpc) is 2.83. The van der Waals surface area contributed by atoms with E-state index in [-0.39, 0.29) is 16.6 Å². The van der Waals surface area contributed by atoms with Crippen molar-refractivity contribution in [2.45, 2.75) is 78.7 Å². The number of ketones is 1. The Hall–Kier alpha value is -1.09. The molecule has 3 heteroatoms. The number of Topliss-reactive ketones (excluding diaryl/α,β-unsaturated/α-hetero) is 1. The Morgan fingerprint density at radius 2 is 1.77 bits per heavy atom. The Balaban J connectivity index is 1.80. The van der Waals surface area contributed by atoms with Crippen molar-refractivity contribution in [1.82, 2.24) is 0 Å². The molecule has 0 aromatic heterocycles. The highest BCUT2D eigenvalue weighted by atomic mass is 16.3. The molecule has 7 atom stereocenters. The van der Waals surface area contributed by atoms with Gasteiger partial charge in [-0.3, -0.25) is 4.79 Å². The number of hydrogen-bond donors (Lipinski definition) is 2. The first kappa shape index (κ1) is 18.3. The Labute approximate surface area is 157 Å². The normalized spacial score (nSPS) is 52.7. The van der Waals surface area contributed by atoms with Crippen molar-refractivity contribution in [2.75, 3.05) is 0 Å². The third kappa shape index (κ3) is 2.07. The lowest BCUT2D eigenvalue weighted by molar-refractivity contribution is -0.130. The molecule has 0 unspecified atom stereocenters. The first-order valence-corrected chi connectivity index (χ1v) is 10.4. The minimum Gasteiger partial charge on any atom is -0.515 e. The predicted octanol–water partition coefficient (Wildman–Crippen LogP) is 4.96. The number of carbonyl (C=O) groups excluding carboxylic acids is 1. The highest BCUT2D eigenvalue weighted by Crippen LogP contribution is 2.69. The van der Waals surface area contributed by atoms with Crippen LogP contribution in [0.4, 0.5) is 0 Å². The molecule has 3 fully saturated rings. The van der Waals surface area contributed by atoms with Crippen molar-refractivity contribution < 1.29 is 15.0 Å². The predicted molar refractivity (Wildman–Crippen MR) is 103 cm³/mol. The van der Waals surface area contributed by atoms with Crippen molar-refractivity contribution in [3.05, 3.63) is 23.0 Å². The van der Waals surface area contributed by atoms with Gasteiger partial charge in [-0.05, 0) is 92.4 Å². The first-order valence-electron chi connectivity index (χ1n) is 10.4. The summed E-state index contributed by atoms with van der Waals surface area (Å²) in [6.07, 6.45) is 6.90. The van der Waals surface area contributed by atoms with E-state index in [9.17, 15) is 15.0 Å². The van der Waals surface area contributed by atoms with Crippen molar-refractivity contribution in [1.29, 1.82) is 0 Å². The van der Waals surface area contributed by atoms with Crippen molar-refractivity contribution in [3.63, 3.8) is 0 Å². The lowest BCUT2D eigenvalue weighted by Gasteiger charge is -2.61. The van der Waals surface area contributed by atoms with Crippen LogP contribution in [-0.2, 0) is 4.79 Å². The van der Waals surface area contributed by atoms with E-state index < -0.39 is 5.60 Å². The van der Waals surface area contributed by atoms with Gasteiger partial charge in [0.15, 0.2) is 5.78 Å². The second kappa shape index (κ2) is 5.47. The maximum Gasteiger partial charge on any atom is 0.187 e. The van der Waals surface area contributed by atoms with E-state index in [0.717, 1.165) is 43.9 Å². The molecule has 0 amide bonds. The largest absolute Gasteiger partial charge is 0.515 e. The molecular formula is C23H34O3. The number of carbonyl (C=O) groups is 1. The maximum absolute atomic E-state index is 12.6. The number of hydrogen-bond acceptors (Lipinski definition) is 3. The van der Waals surface area contributed by atoms with E-state index in [1.807, 2.05) is 13.8 Å². The summed E-state index contributed by atoms with van der Waals surface area (Å²) in [5, 5.41) is 20.7. The number of allylic oxidation sites excluding steroid dienone is 2. The molecule has 0 spiro atoms. The van der Waals surface area contributed by atoms with E-state index >= 15 is 0 Å². The summed E-state index contributed by atoms with van der Waals surface area (Å²) in [7, 11) is 0. The van der Waals surface area contributed by atoms with Crippen LogP contribution in [0.1, 0.15) is 73.1 Å². The van der Waals surface area contributed by atoms with E-state index in [1.165, 1.54) is 5.57 Å². The lowest BCUT2D eigenvalue weighted by Crippen LogP contribution is -2.56. The van der Waals surface area contributed by atoms with Crippen molar-refractivity contribution >= 4 is 5.78 Å². The van der Waals surface area contributed by atoms with Gasteiger partial charge in [-0.1, -0.05) is 26.3 Å². The average molecular weight is 359 g/mol. The van der Waals surface area contributed by atoms with Gasteiger partial charge in [0, 0.05) is 5.57 Å². The fourth-order valence-electron chi connectivity index (χ4n) is 7.67. The smallest absolute Gasteiger partial charge is 0.187 e. The molecule has 0 aliphatic heterocycles. The van der Waals surface area contributed by atoms with Gasteiger partial charge in [0.05, 0.1) is 11.9 Å². The number of aliphatic hydroxyl groups excluding tert-OH is 1. The van der Waals surface area contributed by atoms with Crippen molar-refractivity contribution in [3.8, 4) is 0 Å². The molecule has 0 aromatic rings. The molecule has 26 heavy (non-hydrogen) atoms. The van der Waals surface area contributed by atoms with E-state index in [1.54, 1.807) is 0 Å². The highest BCUT2D eigenvalue weighted by Gasteiger charge is 2.64. The molecule has 0 bridgehead atoms. The minimum absolute atomic E-state index is 0.00911. The third-order valence-electron chi connectivity index (χ3n) is 9.38. The van der Waals surface area contributed by atoms with Crippen molar-refractivity contribution in [2.24, 2.45) is 34.5 Å². The Morgan fingerprint density at radius 1 is 1.12 bits per heavy atom. The summed E-state index contributed by atoms with van der Waals surface area (Å²) < 4.78 is 0. The van der Waals surface area contributed by atoms with Crippen LogP contribution < -0.4 is 0 Å². The van der Waals surface area contributed by atoms with Crippen LogP contribution >= 0.6 is 0 Å². The Kier molecular flexibility index (Phi) is 3.84. The second-order valence-electron chi connectivity index (χ2n) is 10.4. The van der Waals surface area contributed by atoms with Gasteiger partial charge in [-0.2, -0.15) is 0 Å². The van der Waals surface area contributed by atoms with Crippen LogP contribution in [0.5, 0.6) is 0 Å². The van der Waals surface area contributed by atoms with Gasteiger partial charge in [-0.15, -0.1) is 0 Å². The molecule has 0 heterocycles. The van der Waals surface area contributed by atoms with Crippen LogP contribution in [0, 0.1) is 34.5 Å². The molecular weight excluding hydrogens is 324 g/mol. The molecule has 0 radical (unpaired) electrons. The summed E-state index contributed by atoms with van der Waals surface area (Å²) in [6.45, 7) is 11.0. The van der Waals surface area contributed by atoms with Crippen LogP contribution in [-0.4, -0.2) is 21.6 Å². The van der Waals surface area contributed by atoms with E-state index in [4.69, 9.17) is 0 Å². The summed E-state index contributed by atoms with van der Waals surface area (Å²) in [5.41, 5.74) is 2.21. The highest BCUT2D eigenvalue weighted by molar-refractivity contribution is 6.09. The number of rotatable bonds is 0. The van der Waals surface area contributed by atoms with Gasteiger partial charge in [0.25, 0.3) is 0 Å². The fourth-order valence-corrected chi connectivity index (χ4v) is 7.67. The Bertz CT molecular complexity index is 715. The van der Waals surface area contributed by atoms with Gasteiger partial charge in [0.1, 0.15) is 0 Å². The van der Waals surface area contributed by atoms with Gasteiger partial charge in [0.2, 0.25) is 0 Å². The zero-order chi connectivity index (χ0) is 19.1. The molecule has 2 N–H and O–H groups in total. The molecule has 4 rings (SSSR count). The minimum atomic E-state index is -0.562. The third-order valence-corrected chi connectivity index (χ3v) is 9.38. The first-order chi connectivity index (χ1) is 12.1. The molecule has 0 aromatic carbocycles. The molecule has 3 saturated carbocycles. The topological polar surface area (TPSA) is 57.5 Å². The maximum atomic E-state index is 12.6. The van der Waals surface area contributed by atoms with Crippen LogP contribution in [0.2, 0.25) is 0 Å². The number of aliphatic hydroxyl groups is 2. The molecule has 4 aliphatic rings. The van der Waals surface area contributed by atoms with Crippen LogP contribution in [0.3, 0.4) is 0 Å². The Morgan fingerprint density at radius 3 is 2.42 bits per heavy atom. The summed E-state index contributed by atoms with van der Waals surface area (Å²) >= 11 is 0. The summed E-state index contributed by atoms with van der Waals surface area (Å²) in [5.74, 6) is 2.27. The molecule has 0 saturated heterocycles. The van der Waals surface area contributed by atoms with Crippen LogP contribution in [0.15, 0.2) is 23.0 Å². The quantitative estimate of drug-likeness (QED) is 0.475. The zero-order valence-electron chi connectivity index (χ0n) is 16.9.